The van der Waals surface area contributed by atoms with E-state index in [1.54, 1.807) is 0 Å². The van der Waals surface area contributed by atoms with E-state index in [1.165, 1.54) is 23.1 Å². The Kier molecular flexibility index (Phi) is 4.32. The van der Waals surface area contributed by atoms with Crippen LogP contribution in [0.25, 0.3) is 0 Å². The van der Waals surface area contributed by atoms with Crippen LogP contribution in [0.1, 0.15) is 47.2 Å². The predicted octanol–water partition coefficient (Wildman–Crippen LogP) is 2.91. The molecule has 0 amide bonds. The highest BCUT2D eigenvalue weighted by atomic mass is 16.3. The van der Waals surface area contributed by atoms with Crippen molar-refractivity contribution in [1.29, 1.82) is 0 Å². The Morgan fingerprint density at radius 1 is 1.32 bits per heavy atom. The van der Waals surface area contributed by atoms with Crippen molar-refractivity contribution in [2.75, 3.05) is 13.1 Å². The lowest BCUT2D eigenvalue weighted by Crippen LogP contribution is -2.28. The molecule has 1 N–H and O–H groups in total. The van der Waals surface area contributed by atoms with Crippen molar-refractivity contribution in [3.63, 3.8) is 0 Å². The van der Waals surface area contributed by atoms with Gasteiger partial charge in [0.15, 0.2) is 0 Å². The van der Waals surface area contributed by atoms with Gasteiger partial charge in [0.05, 0.1) is 12.3 Å². The summed E-state index contributed by atoms with van der Waals surface area (Å²) in [7, 11) is 1.95. The van der Waals surface area contributed by atoms with E-state index in [-0.39, 0.29) is 0 Å². The zero-order valence-corrected chi connectivity index (χ0v) is 13.7. The van der Waals surface area contributed by atoms with Gasteiger partial charge in [-0.25, -0.2) is 0 Å². The smallest absolute Gasteiger partial charge is 0.0917 e. The lowest BCUT2D eigenvalue weighted by atomic mass is 10.0. The van der Waals surface area contributed by atoms with Gasteiger partial charge >= 0.3 is 0 Å². The van der Waals surface area contributed by atoms with Gasteiger partial charge in [0.25, 0.3) is 0 Å². The Bertz CT molecular complexity index is 650. The van der Waals surface area contributed by atoms with Gasteiger partial charge in [-0.15, -0.1) is 0 Å². The van der Waals surface area contributed by atoms with E-state index in [2.05, 4.69) is 42.2 Å². The van der Waals surface area contributed by atoms with Gasteiger partial charge in [-0.1, -0.05) is 18.2 Å². The van der Waals surface area contributed by atoms with Crippen molar-refractivity contribution in [3.05, 3.63) is 52.8 Å². The minimum Gasteiger partial charge on any atom is -0.387 e. The van der Waals surface area contributed by atoms with Crippen LogP contribution < -0.4 is 0 Å². The highest BCUT2D eigenvalue weighted by Gasteiger charge is 2.28. The quantitative estimate of drug-likeness (QED) is 0.944. The number of aryl methyl sites for hydroxylation is 3. The number of hydrogen-bond donors (Lipinski definition) is 1. The number of aliphatic hydroxyl groups is 1. The molecule has 4 nitrogen and oxygen atoms in total. The monoisotopic (exact) mass is 299 g/mol. The summed E-state index contributed by atoms with van der Waals surface area (Å²) in [5, 5.41) is 14.9. The van der Waals surface area contributed by atoms with Crippen LogP contribution in [0.5, 0.6) is 0 Å². The van der Waals surface area contributed by atoms with E-state index < -0.39 is 6.10 Å². The maximum Gasteiger partial charge on any atom is 0.0917 e. The second-order valence-electron chi connectivity index (χ2n) is 6.46. The van der Waals surface area contributed by atoms with Gasteiger partial charge in [-0.3, -0.25) is 9.58 Å². The summed E-state index contributed by atoms with van der Waals surface area (Å²) in [6, 6.07) is 6.63. The molecule has 0 spiro atoms. The first-order chi connectivity index (χ1) is 10.5. The van der Waals surface area contributed by atoms with Crippen molar-refractivity contribution < 1.29 is 5.11 Å². The molecule has 118 valence electrons. The van der Waals surface area contributed by atoms with Crippen LogP contribution in [-0.2, 0) is 7.05 Å². The zero-order valence-electron chi connectivity index (χ0n) is 13.7. The molecule has 0 radical (unpaired) electrons. The third kappa shape index (κ3) is 3.08. The molecule has 22 heavy (non-hydrogen) atoms. The fraction of sp³-hybridized carbons (Fsp3) is 0.500. The van der Waals surface area contributed by atoms with Crippen LogP contribution in [0.4, 0.5) is 0 Å². The fourth-order valence-corrected chi connectivity index (χ4v) is 3.33. The number of benzene rings is 1. The lowest BCUT2D eigenvalue weighted by Gasteiger charge is -2.26. The maximum atomic E-state index is 10.6. The predicted molar refractivity (Wildman–Crippen MR) is 87.6 cm³/mol. The van der Waals surface area contributed by atoms with Gasteiger partial charge in [0.1, 0.15) is 0 Å². The van der Waals surface area contributed by atoms with Gasteiger partial charge in [-0.2, -0.15) is 5.10 Å². The first-order valence-corrected chi connectivity index (χ1v) is 8.02. The lowest BCUT2D eigenvalue weighted by molar-refractivity contribution is 0.106. The minimum atomic E-state index is -0.434. The van der Waals surface area contributed by atoms with Crippen LogP contribution in [0.3, 0.4) is 0 Å². The average Bonchev–Trinajstić information content (AvgIpc) is 3.10. The van der Waals surface area contributed by atoms with Crippen molar-refractivity contribution >= 4 is 0 Å². The number of aromatic nitrogens is 2. The van der Waals surface area contributed by atoms with Crippen molar-refractivity contribution in [1.82, 2.24) is 14.7 Å². The van der Waals surface area contributed by atoms with Gasteiger partial charge in [0, 0.05) is 31.4 Å². The molecule has 3 rings (SSSR count). The van der Waals surface area contributed by atoms with Crippen molar-refractivity contribution in [2.45, 2.75) is 38.8 Å². The summed E-state index contributed by atoms with van der Waals surface area (Å²) in [6.45, 7) is 5.92. The normalized spacial score (nSPS) is 20.5. The standard InChI is InChI=1S/C18H25N3O/c1-13-6-7-15(9-14(13)2)18(22)12-21-8-4-5-17(21)16-10-19-20(3)11-16/h6-7,9-11,17-18,22H,4-5,8,12H2,1-3H3/t17-,18+/m1/s1. The molecular weight excluding hydrogens is 274 g/mol. The van der Waals surface area contributed by atoms with Gasteiger partial charge in [0.2, 0.25) is 0 Å². The zero-order chi connectivity index (χ0) is 15.7. The van der Waals surface area contributed by atoms with E-state index in [1.807, 2.05) is 24.0 Å². The van der Waals surface area contributed by atoms with E-state index >= 15 is 0 Å². The Balaban J connectivity index is 1.72. The molecule has 0 bridgehead atoms. The van der Waals surface area contributed by atoms with E-state index in [0.29, 0.717) is 12.6 Å². The first kappa shape index (κ1) is 15.3. The Morgan fingerprint density at radius 3 is 2.82 bits per heavy atom. The molecule has 0 saturated carbocycles. The molecular formula is C18H25N3O. The number of aliphatic hydroxyl groups excluding tert-OH is 1. The summed E-state index contributed by atoms with van der Waals surface area (Å²) in [4.78, 5) is 2.39. The summed E-state index contributed by atoms with van der Waals surface area (Å²) in [6.07, 6.45) is 5.93. The molecule has 1 aromatic heterocycles. The molecule has 1 aliphatic heterocycles. The average molecular weight is 299 g/mol. The summed E-state index contributed by atoms with van der Waals surface area (Å²) < 4.78 is 1.85. The molecule has 1 saturated heterocycles. The largest absolute Gasteiger partial charge is 0.387 e. The highest BCUT2D eigenvalue weighted by Crippen LogP contribution is 2.33. The van der Waals surface area contributed by atoms with Gasteiger partial charge < -0.3 is 5.11 Å². The molecule has 1 aliphatic rings. The molecule has 1 aromatic carbocycles. The number of β-amino-alcohol motifs (C(OH)–C–C–N with tert-alkyl or cyclic N) is 1. The van der Waals surface area contributed by atoms with Crippen molar-refractivity contribution in [2.24, 2.45) is 7.05 Å². The van der Waals surface area contributed by atoms with Crippen LogP contribution in [0.15, 0.2) is 30.6 Å². The van der Waals surface area contributed by atoms with Crippen LogP contribution in [0.2, 0.25) is 0 Å². The molecule has 2 atom stereocenters. The molecule has 0 aliphatic carbocycles. The van der Waals surface area contributed by atoms with E-state index in [9.17, 15) is 5.11 Å². The first-order valence-electron chi connectivity index (χ1n) is 8.02. The highest BCUT2D eigenvalue weighted by molar-refractivity contribution is 5.31. The summed E-state index contributed by atoms with van der Waals surface area (Å²) in [5.74, 6) is 0. The number of likely N-dealkylation sites (tertiary alicyclic amines) is 1. The Labute approximate surface area is 132 Å². The second-order valence-corrected chi connectivity index (χ2v) is 6.46. The van der Waals surface area contributed by atoms with E-state index in [4.69, 9.17) is 0 Å². The Hall–Kier alpha value is -1.65. The number of rotatable bonds is 4. The van der Waals surface area contributed by atoms with Crippen LogP contribution in [0, 0.1) is 13.8 Å². The SMILES string of the molecule is Cc1ccc([C@@H](O)CN2CCC[C@@H]2c2cnn(C)c2)cc1C. The molecule has 2 heterocycles. The molecule has 1 fully saturated rings. The van der Waals surface area contributed by atoms with Gasteiger partial charge in [-0.05, 0) is 49.9 Å². The molecule has 2 aromatic rings. The second kappa shape index (κ2) is 6.23. The van der Waals surface area contributed by atoms with E-state index in [0.717, 1.165) is 18.5 Å². The number of nitrogens with zero attached hydrogens (tertiary/aromatic N) is 3. The third-order valence-electron chi connectivity index (χ3n) is 4.80. The fourth-order valence-electron chi connectivity index (χ4n) is 3.33. The van der Waals surface area contributed by atoms with Crippen molar-refractivity contribution in [3.8, 4) is 0 Å². The minimum absolute atomic E-state index is 0.384. The number of hydrogen-bond acceptors (Lipinski definition) is 3. The third-order valence-corrected chi connectivity index (χ3v) is 4.80. The Morgan fingerprint density at radius 2 is 2.14 bits per heavy atom. The van der Waals surface area contributed by atoms with Crippen LogP contribution >= 0.6 is 0 Å². The molecule has 0 unspecified atom stereocenters. The van der Waals surface area contributed by atoms with Crippen LogP contribution in [-0.4, -0.2) is 32.9 Å². The molecule has 4 heteroatoms. The maximum absolute atomic E-state index is 10.6. The summed E-state index contributed by atoms with van der Waals surface area (Å²) >= 11 is 0. The summed E-state index contributed by atoms with van der Waals surface area (Å²) in [5.41, 5.74) is 4.78. The topological polar surface area (TPSA) is 41.3 Å².